The van der Waals surface area contributed by atoms with Crippen molar-refractivity contribution < 1.29 is 137 Å². The van der Waals surface area contributed by atoms with Gasteiger partial charge in [0, 0.05) is 77.0 Å². The summed E-state index contributed by atoms with van der Waals surface area (Å²) >= 11 is 0. The lowest BCUT2D eigenvalue weighted by Gasteiger charge is -2.22. The van der Waals surface area contributed by atoms with Gasteiger partial charge >= 0.3 is 46.9 Å². The van der Waals surface area contributed by atoms with Crippen LogP contribution in [0.3, 0.4) is 0 Å². The fourth-order valence-corrected chi connectivity index (χ4v) is 15.9. The number of benzene rings is 2. The summed E-state index contributed by atoms with van der Waals surface area (Å²) in [7, 11) is -32.1. The summed E-state index contributed by atoms with van der Waals surface area (Å²) in [5.74, 6) is -0.0444. The first-order chi connectivity index (χ1) is 42.7. The number of phosphoric ester groups is 2. The van der Waals surface area contributed by atoms with Gasteiger partial charge in [0.05, 0.1) is 85.0 Å². The standard InChI is InChI=1S/C24H33N4O16P3.C23H31N4O15P3/c1-13(2)23(16-5-4-15(39-3)8-18(16)28(30)31)40-11-14-10-27(24-22(14)17(25)6-7-26-24)21-9-19(29)20(42-21)12-41-46(35,36)44-47(37,38)43-45(32,33)34;1-13(2)22(15-5-3-4-6-17(15)27(29)30)38-11-14-10-26(23-21(14)16(24)7-8-25-23)20-9-18(28)19(40-20)12-39-44(34,35)42-45(36,37)41-43(31,32)33/h4-8,10,13,19-21,23,29H,9,11-12H2,1-3H3,(H2,25,26)(H,35,36)(H,37,38)(H2,32,33,34);3-8,10,13,18-20,22,28H,9,11-12H2,1-2H3,(H2,24,25)(H,34,35)(H,36,37)(H2,31,32,33)/t19-,20-,21-,23?;18-,19-,20-,22?/m11/s1. The van der Waals surface area contributed by atoms with Crippen LogP contribution in [0.2, 0.25) is 0 Å². The van der Waals surface area contributed by atoms with Crippen LogP contribution in [0.1, 0.15) is 87.5 Å². The monoisotopic (exact) mass is 1420 g/mol. The molecule has 508 valence electrons. The number of nitro groups is 2. The molecule has 14 N–H and O–H groups in total. The van der Waals surface area contributed by atoms with Crippen molar-refractivity contribution in [1.29, 1.82) is 0 Å². The Bertz CT molecular complexity index is 3960. The summed E-state index contributed by atoms with van der Waals surface area (Å²) in [6, 6.07) is 13.8. The smallest absolute Gasteiger partial charge is 0.490 e. The van der Waals surface area contributed by atoms with Crippen LogP contribution >= 0.6 is 46.9 Å². The van der Waals surface area contributed by atoms with Gasteiger partial charge in [-0.3, -0.25) is 29.3 Å². The van der Waals surface area contributed by atoms with Gasteiger partial charge in [0.25, 0.3) is 11.4 Å². The average molecular weight is 1420 g/mol. The van der Waals surface area contributed by atoms with Crippen molar-refractivity contribution in [3.05, 3.63) is 122 Å². The van der Waals surface area contributed by atoms with Crippen LogP contribution in [0.15, 0.2) is 79.4 Å². The third kappa shape index (κ3) is 19.4. The second-order valence-corrected chi connectivity index (χ2v) is 29.7. The molecule has 2 fully saturated rings. The Morgan fingerprint density at radius 1 is 0.598 bits per heavy atom. The zero-order valence-corrected chi connectivity index (χ0v) is 54.0. The molecule has 92 heavy (non-hydrogen) atoms. The summed E-state index contributed by atoms with van der Waals surface area (Å²) in [4.78, 5) is 104. The molecule has 45 heteroatoms. The molecule has 6 unspecified atom stereocenters. The van der Waals surface area contributed by atoms with Crippen molar-refractivity contribution in [2.45, 2.75) is 103 Å². The van der Waals surface area contributed by atoms with Crippen LogP contribution in [-0.2, 0) is 85.8 Å². The maximum atomic E-state index is 12.1. The maximum Gasteiger partial charge on any atom is 0.490 e. The van der Waals surface area contributed by atoms with Crippen LogP contribution in [0.4, 0.5) is 22.7 Å². The predicted molar refractivity (Wildman–Crippen MR) is 314 cm³/mol. The van der Waals surface area contributed by atoms with Crippen LogP contribution in [-0.4, -0.2) is 123 Å². The first kappa shape index (κ1) is 74.0. The fraction of sp³-hybridized carbons (Fsp3) is 0.447. The van der Waals surface area contributed by atoms with Gasteiger partial charge in [-0.25, -0.2) is 37.4 Å². The number of aromatic nitrogens is 4. The van der Waals surface area contributed by atoms with Crippen LogP contribution in [0, 0.1) is 32.1 Å². The molecule has 0 aliphatic carbocycles. The van der Waals surface area contributed by atoms with Gasteiger partial charge in [0.15, 0.2) is 0 Å². The van der Waals surface area contributed by atoms with Gasteiger partial charge in [-0.15, -0.1) is 0 Å². The fourth-order valence-electron chi connectivity index (χ4n) is 9.82. The minimum absolute atomic E-state index is 0.0426. The Morgan fingerprint density at radius 3 is 1.38 bits per heavy atom. The number of hydrogen-bond acceptors (Lipinski definition) is 27. The molecular formula is C47H64N8O31P6. The third-order valence-electron chi connectivity index (χ3n) is 13.5. The van der Waals surface area contributed by atoms with Crippen LogP contribution in [0.25, 0.3) is 22.1 Å². The molecule has 2 aromatic carbocycles. The number of hydrogen-bond donors (Lipinski definition) is 12. The number of nitrogens with zero attached hydrogens (tertiary/aromatic N) is 6. The number of aliphatic hydroxyl groups excluding tert-OH is 2. The van der Waals surface area contributed by atoms with Crippen molar-refractivity contribution >= 4 is 91.8 Å². The van der Waals surface area contributed by atoms with Gasteiger partial charge in [0.2, 0.25) is 0 Å². The highest BCUT2D eigenvalue weighted by atomic mass is 31.3. The normalized spacial score (nSPS) is 22.1. The lowest BCUT2D eigenvalue weighted by molar-refractivity contribution is -0.386. The quantitative estimate of drug-likeness (QED) is 0.0129. The number of nitrogens with two attached hydrogens (primary N) is 2. The van der Waals surface area contributed by atoms with Gasteiger partial charge in [0.1, 0.15) is 41.7 Å². The number of ether oxygens (including phenoxy) is 5. The first-order valence-corrected chi connectivity index (χ1v) is 35.7. The molecule has 2 aliphatic heterocycles. The van der Waals surface area contributed by atoms with E-state index in [1.807, 2.05) is 27.7 Å². The molecule has 2 aliphatic rings. The molecule has 39 nitrogen and oxygen atoms in total. The number of aliphatic hydroxyl groups is 2. The van der Waals surface area contributed by atoms with E-state index in [0.29, 0.717) is 61.4 Å². The van der Waals surface area contributed by atoms with E-state index in [2.05, 4.69) is 36.3 Å². The van der Waals surface area contributed by atoms with E-state index in [1.165, 1.54) is 31.6 Å². The predicted octanol–water partition coefficient (Wildman–Crippen LogP) is 6.87. The maximum absolute atomic E-state index is 12.1. The Labute approximate surface area is 519 Å². The van der Waals surface area contributed by atoms with Crippen molar-refractivity contribution in [3.63, 3.8) is 0 Å². The lowest BCUT2D eigenvalue weighted by atomic mass is 9.97. The molecule has 4 aromatic heterocycles. The topological polar surface area (TPSA) is 580 Å². The third-order valence-corrected chi connectivity index (χ3v) is 21.1. The minimum Gasteiger partial charge on any atom is -0.497 e. The zero-order valence-electron chi connectivity index (χ0n) is 48.6. The zero-order chi connectivity index (χ0) is 68.2. The number of methoxy groups -OCH3 is 1. The van der Waals surface area contributed by atoms with E-state index in [1.54, 1.807) is 64.0 Å². The number of nitro benzene ring substituents is 2. The van der Waals surface area contributed by atoms with Crippen molar-refractivity contribution in [3.8, 4) is 5.75 Å². The highest BCUT2D eigenvalue weighted by molar-refractivity contribution is 7.67. The molecule has 6 heterocycles. The van der Waals surface area contributed by atoms with Gasteiger partial charge in [-0.05, 0) is 42.2 Å². The summed E-state index contributed by atoms with van der Waals surface area (Å²) in [6.45, 7) is 5.58. The van der Waals surface area contributed by atoms with Crippen molar-refractivity contribution in [2.75, 3.05) is 31.8 Å². The minimum atomic E-state index is -5.73. The summed E-state index contributed by atoms with van der Waals surface area (Å²) in [5, 5.41) is 45.7. The van der Waals surface area contributed by atoms with Crippen molar-refractivity contribution in [2.24, 2.45) is 11.8 Å². The van der Waals surface area contributed by atoms with E-state index in [9.17, 15) is 77.4 Å². The number of nitrogen functional groups attached to an aromatic ring is 2. The Hall–Kier alpha value is -5.40. The second kappa shape index (κ2) is 29.7. The number of fused-ring (bicyclic) bond motifs is 2. The number of pyridine rings is 2. The van der Waals surface area contributed by atoms with Gasteiger partial charge in [-0.1, -0.05) is 39.8 Å². The summed E-state index contributed by atoms with van der Waals surface area (Å²) in [6.07, 6.45) is -2.44. The average Bonchev–Trinajstić information content (AvgIpc) is 1.62. The molecule has 12 atom stereocenters. The SMILES string of the molecule is CC(C)C(OCc1cn([C@H]2C[C@@H](O)[C@@H](COP(=O)(O)OP(=O)(O)OP(=O)(O)O)O2)c2nccc(N)c12)c1ccccc1[N+](=O)[O-].COc1ccc(C(OCc2cn([C@H]3C[C@@H](O)[C@@H](COP(=O)(O)OP(=O)(O)OP(=O)(O)O)O3)c3nccc(N)c23)C(C)C)c([N+](=O)[O-])c1. The number of anilines is 2. The molecule has 0 saturated carbocycles. The first-order valence-electron chi connectivity index (χ1n) is 26.7. The van der Waals surface area contributed by atoms with Crippen LogP contribution in [0.5, 0.6) is 5.75 Å². The van der Waals surface area contributed by atoms with E-state index in [-0.39, 0.29) is 49.3 Å². The van der Waals surface area contributed by atoms with Gasteiger partial charge in [-0.2, -0.15) is 17.2 Å². The molecule has 0 spiro atoms. The Balaban J connectivity index is 0.000000261. The highest BCUT2D eigenvalue weighted by Crippen LogP contribution is 2.67. The number of phosphoric acid groups is 6. The molecule has 6 aromatic rings. The van der Waals surface area contributed by atoms with Gasteiger partial charge < -0.3 is 93.6 Å². The van der Waals surface area contributed by atoms with E-state index in [4.69, 9.17) is 54.7 Å². The molecule has 8 rings (SSSR count). The van der Waals surface area contributed by atoms with E-state index >= 15 is 0 Å². The van der Waals surface area contributed by atoms with E-state index in [0.717, 1.165) is 0 Å². The molecular weight excluding hydrogens is 1360 g/mol. The summed E-state index contributed by atoms with van der Waals surface area (Å²) in [5.41, 5.74) is 15.4. The molecule has 0 radical (unpaired) electrons. The van der Waals surface area contributed by atoms with E-state index < -0.39 is 119 Å². The Kier molecular flexibility index (Phi) is 23.9. The highest BCUT2D eigenvalue weighted by Gasteiger charge is 2.45. The van der Waals surface area contributed by atoms with Crippen LogP contribution < -0.4 is 16.2 Å². The molecule has 0 bridgehead atoms. The largest absolute Gasteiger partial charge is 0.497 e. The molecule has 2 saturated heterocycles. The number of para-hydroxylation sites is 1. The number of rotatable bonds is 29. The second-order valence-electron chi connectivity index (χ2n) is 20.9. The Morgan fingerprint density at radius 2 is 1.00 bits per heavy atom. The lowest BCUT2D eigenvalue weighted by Crippen LogP contribution is -2.26. The van der Waals surface area contributed by atoms with Crippen molar-refractivity contribution in [1.82, 2.24) is 19.1 Å². The molecule has 0 amide bonds. The summed E-state index contributed by atoms with van der Waals surface area (Å²) < 4.78 is 125.